The van der Waals surface area contributed by atoms with Crippen LogP contribution in [-0.2, 0) is 5.75 Å². The lowest BCUT2D eigenvalue weighted by Crippen LogP contribution is -2.08. The van der Waals surface area contributed by atoms with Crippen LogP contribution in [0.1, 0.15) is 16.7 Å². The first-order chi connectivity index (χ1) is 12.5. The molecule has 0 spiro atoms. The monoisotopic (exact) mass is 368 g/mol. The van der Waals surface area contributed by atoms with Gasteiger partial charge in [-0.05, 0) is 42.7 Å². The SMILES string of the molecule is COc1ccc2c(CSC(N)=Nc3c(C)cccc3C)cc(=O)oc2c1. The Morgan fingerprint density at radius 3 is 2.62 bits per heavy atom. The number of hydrogen-bond acceptors (Lipinski definition) is 5. The lowest BCUT2D eigenvalue weighted by atomic mass is 10.1. The molecule has 0 saturated carbocycles. The Kier molecular flexibility index (Phi) is 5.32. The number of ether oxygens (including phenoxy) is 1. The Morgan fingerprint density at radius 1 is 1.19 bits per heavy atom. The molecule has 134 valence electrons. The highest BCUT2D eigenvalue weighted by atomic mass is 32.2. The summed E-state index contributed by atoms with van der Waals surface area (Å²) < 4.78 is 10.5. The summed E-state index contributed by atoms with van der Waals surface area (Å²) >= 11 is 1.39. The highest BCUT2D eigenvalue weighted by Gasteiger charge is 2.09. The van der Waals surface area contributed by atoms with Crippen molar-refractivity contribution in [2.45, 2.75) is 19.6 Å². The minimum atomic E-state index is -0.397. The number of thioether (sulfide) groups is 1. The van der Waals surface area contributed by atoms with Crippen molar-refractivity contribution >= 4 is 33.6 Å². The Hall–Kier alpha value is -2.73. The third-order valence-electron chi connectivity index (χ3n) is 4.07. The van der Waals surface area contributed by atoms with Crippen molar-refractivity contribution < 1.29 is 9.15 Å². The van der Waals surface area contributed by atoms with Gasteiger partial charge in [-0.2, -0.15) is 0 Å². The van der Waals surface area contributed by atoms with Crippen LogP contribution in [0.25, 0.3) is 11.0 Å². The van der Waals surface area contributed by atoms with E-state index in [0.29, 0.717) is 22.3 Å². The number of methoxy groups -OCH3 is 1. The van der Waals surface area contributed by atoms with Crippen LogP contribution in [0.5, 0.6) is 5.75 Å². The summed E-state index contributed by atoms with van der Waals surface area (Å²) in [7, 11) is 1.57. The molecule has 0 radical (unpaired) electrons. The maximum atomic E-state index is 11.9. The molecule has 1 aromatic heterocycles. The smallest absolute Gasteiger partial charge is 0.336 e. The zero-order valence-electron chi connectivity index (χ0n) is 14.9. The Morgan fingerprint density at radius 2 is 1.92 bits per heavy atom. The van der Waals surface area contributed by atoms with Crippen molar-refractivity contribution in [1.82, 2.24) is 0 Å². The number of aliphatic imine (C=N–C) groups is 1. The number of nitrogens with two attached hydrogens (primary N) is 1. The largest absolute Gasteiger partial charge is 0.497 e. The number of amidine groups is 1. The third kappa shape index (κ3) is 3.91. The van der Waals surface area contributed by atoms with Gasteiger partial charge in [-0.3, -0.25) is 0 Å². The predicted molar refractivity (Wildman–Crippen MR) is 108 cm³/mol. The summed E-state index contributed by atoms with van der Waals surface area (Å²) in [6.45, 7) is 4.01. The number of hydrogen-bond donors (Lipinski definition) is 1. The molecule has 6 heteroatoms. The summed E-state index contributed by atoms with van der Waals surface area (Å²) in [5.74, 6) is 1.16. The van der Waals surface area contributed by atoms with Crippen molar-refractivity contribution in [3.8, 4) is 5.75 Å². The van der Waals surface area contributed by atoms with Crippen molar-refractivity contribution in [3.05, 3.63) is 69.6 Å². The minimum Gasteiger partial charge on any atom is -0.497 e. The molecule has 0 bridgehead atoms. The molecule has 0 fully saturated rings. The molecule has 0 atom stereocenters. The van der Waals surface area contributed by atoms with E-state index in [4.69, 9.17) is 14.9 Å². The first kappa shape index (κ1) is 18.1. The van der Waals surface area contributed by atoms with Gasteiger partial charge in [-0.25, -0.2) is 9.79 Å². The fraction of sp³-hybridized carbons (Fsp3) is 0.200. The predicted octanol–water partition coefficient (Wildman–Crippen LogP) is 4.30. The van der Waals surface area contributed by atoms with Crippen LogP contribution in [0.3, 0.4) is 0 Å². The number of aryl methyl sites for hydroxylation is 2. The number of nitrogens with zero attached hydrogens (tertiary/aromatic N) is 1. The maximum absolute atomic E-state index is 11.9. The topological polar surface area (TPSA) is 77.8 Å². The van der Waals surface area contributed by atoms with E-state index in [0.717, 1.165) is 27.8 Å². The summed E-state index contributed by atoms with van der Waals surface area (Å²) in [4.78, 5) is 16.4. The normalized spacial score (nSPS) is 11.7. The molecule has 2 aromatic carbocycles. The fourth-order valence-electron chi connectivity index (χ4n) is 2.73. The standard InChI is InChI=1S/C20H20N2O3S/c1-12-5-4-6-13(2)19(12)22-20(21)26-11-14-9-18(23)25-17-10-15(24-3)7-8-16(14)17/h4-10H,11H2,1-3H3,(H2,21,22). The second-order valence-corrected chi connectivity index (χ2v) is 6.93. The molecule has 0 aliphatic heterocycles. The van der Waals surface area contributed by atoms with Crippen LogP contribution in [0.4, 0.5) is 5.69 Å². The van der Waals surface area contributed by atoms with E-state index in [9.17, 15) is 4.79 Å². The van der Waals surface area contributed by atoms with Crippen LogP contribution < -0.4 is 16.1 Å². The van der Waals surface area contributed by atoms with Crippen molar-refractivity contribution in [2.75, 3.05) is 7.11 Å². The van der Waals surface area contributed by atoms with E-state index in [1.165, 1.54) is 17.8 Å². The van der Waals surface area contributed by atoms with Crippen molar-refractivity contribution in [3.63, 3.8) is 0 Å². The van der Waals surface area contributed by atoms with E-state index in [-0.39, 0.29) is 0 Å². The highest BCUT2D eigenvalue weighted by molar-refractivity contribution is 8.13. The van der Waals surface area contributed by atoms with Crippen LogP contribution >= 0.6 is 11.8 Å². The molecule has 3 aromatic rings. The summed E-state index contributed by atoms with van der Waals surface area (Å²) in [6.07, 6.45) is 0. The van der Waals surface area contributed by atoms with E-state index in [1.807, 2.05) is 44.2 Å². The van der Waals surface area contributed by atoms with Gasteiger partial charge in [0, 0.05) is 23.3 Å². The van der Waals surface area contributed by atoms with Gasteiger partial charge >= 0.3 is 5.63 Å². The lowest BCUT2D eigenvalue weighted by molar-refractivity contribution is 0.414. The molecule has 0 amide bonds. The van der Waals surface area contributed by atoms with Gasteiger partial charge in [0.2, 0.25) is 0 Å². The molecule has 0 aliphatic carbocycles. The fourth-order valence-corrected chi connectivity index (χ4v) is 3.43. The van der Waals surface area contributed by atoms with Gasteiger partial charge in [0.1, 0.15) is 11.3 Å². The van der Waals surface area contributed by atoms with Crippen LogP contribution in [-0.4, -0.2) is 12.3 Å². The zero-order valence-corrected chi connectivity index (χ0v) is 15.7. The van der Waals surface area contributed by atoms with Gasteiger partial charge in [0.15, 0.2) is 5.17 Å². The number of benzene rings is 2. The quantitative estimate of drug-likeness (QED) is 0.422. The van der Waals surface area contributed by atoms with Gasteiger partial charge in [-0.1, -0.05) is 30.0 Å². The maximum Gasteiger partial charge on any atom is 0.336 e. The van der Waals surface area contributed by atoms with Gasteiger partial charge < -0.3 is 14.9 Å². The molecular formula is C20H20N2O3S. The van der Waals surface area contributed by atoms with Gasteiger partial charge in [0.25, 0.3) is 0 Å². The van der Waals surface area contributed by atoms with Gasteiger partial charge in [0.05, 0.1) is 12.8 Å². The van der Waals surface area contributed by atoms with Crippen LogP contribution in [0.15, 0.2) is 56.7 Å². The van der Waals surface area contributed by atoms with Crippen LogP contribution in [0, 0.1) is 13.8 Å². The molecule has 0 unspecified atom stereocenters. The van der Waals surface area contributed by atoms with Crippen molar-refractivity contribution in [1.29, 1.82) is 0 Å². The molecule has 1 heterocycles. The number of rotatable bonds is 4. The molecule has 0 saturated heterocycles. The second kappa shape index (κ2) is 7.66. The molecule has 5 nitrogen and oxygen atoms in total. The molecule has 0 aliphatic rings. The number of para-hydroxylation sites is 1. The average molecular weight is 368 g/mol. The molecule has 2 N–H and O–H groups in total. The highest BCUT2D eigenvalue weighted by Crippen LogP contribution is 2.27. The average Bonchev–Trinajstić information content (AvgIpc) is 2.62. The Bertz CT molecular complexity index is 1020. The zero-order chi connectivity index (χ0) is 18.7. The first-order valence-electron chi connectivity index (χ1n) is 8.12. The van der Waals surface area contributed by atoms with Crippen molar-refractivity contribution in [2.24, 2.45) is 10.7 Å². The minimum absolute atomic E-state index is 0.397. The summed E-state index contributed by atoms with van der Waals surface area (Å²) in [6, 6.07) is 12.9. The number of fused-ring (bicyclic) bond motifs is 1. The summed E-state index contributed by atoms with van der Waals surface area (Å²) in [5.41, 5.74) is 10.1. The van der Waals surface area contributed by atoms with E-state index < -0.39 is 5.63 Å². The molecule has 3 rings (SSSR count). The lowest BCUT2D eigenvalue weighted by Gasteiger charge is -2.08. The Balaban J connectivity index is 1.87. The first-order valence-corrected chi connectivity index (χ1v) is 9.10. The molecule has 26 heavy (non-hydrogen) atoms. The molecular weight excluding hydrogens is 348 g/mol. The van der Waals surface area contributed by atoms with E-state index in [1.54, 1.807) is 13.2 Å². The Labute approximate surface area is 155 Å². The second-order valence-electron chi connectivity index (χ2n) is 5.93. The van der Waals surface area contributed by atoms with Crippen LogP contribution in [0.2, 0.25) is 0 Å². The van der Waals surface area contributed by atoms with E-state index >= 15 is 0 Å². The van der Waals surface area contributed by atoms with Gasteiger partial charge in [-0.15, -0.1) is 0 Å². The van der Waals surface area contributed by atoms with E-state index in [2.05, 4.69) is 4.99 Å². The third-order valence-corrected chi connectivity index (χ3v) is 4.92. The summed E-state index contributed by atoms with van der Waals surface area (Å²) in [5, 5.41) is 1.31.